The minimum absolute atomic E-state index is 0.445. The van der Waals surface area contributed by atoms with Crippen molar-refractivity contribution in [3.63, 3.8) is 0 Å². The topological polar surface area (TPSA) is 51.8 Å². The molecule has 0 saturated heterocycles. The van der Waals surface area contributed by atoms with Crippen LogP contribution >= 0.6 is 11.5 Å². The lowest BCUT2D eigenvalue weighted by Gasteiger charge is -2.18. The van der Waals surface area contributed by atoms with Gasteiger partial charge in [-0.05, 0) is 24.4 Å². The number of nitrogen functional groups attached to an aromatic ring is 1. The highest BCUT2D eigenvalue weighted by Crippen LogP contribution is 2.33. The summed E-state index contributed by atoms with van der Waals surface area (Å²) in [6.45, 7) is 0. The van der Waals surface area contributed by atoms with Gasteiger partial charge in [-0.3, -0.25) is 0 Å². The summed E-state index contributed by atoms with van der Waals surface area (Å²) in [5.41, 5.74) is 5.47. The maximum atomic E-state index is 5.47. The van der Waals surface area contributed by atoms with Gasteiger partial charge < -0.3 is 5.73 Å². The molecule has 2 N–H and O–H groups in total. The van der Waals surface area contributed by atoms with Crippen LogP contribution in [0.15, 0.2) is 0 Å². The van der Waals surface area contributed by atoms with Crippen molar-refractivity contribution in [2.75, 3.05) is 5.73 Å². The zero-order valence-corrected chi connectivity index (χ0v) is 7.81. The molecule has 0 atom stereocenters. The molecular formula is C8H13N3S. The summed E-state index contributed by atoms with van der Waals surface area (Å²) in [5.74, 6) is 1.09. The maximum absolute atomic E-state index is 5.47. The van der Waals surface area contributed by atoms with Crippen molar-refractivity contribution in [1.29, 1.82) is 0 Å². The van der Waals surface area contributed by atoms with Crippen LogP contribution in [-0.4, -0.2) is 9.36 Å². The van der Waals surface area contributed by atoms with Crippen LogP contribution in [0, 0.1) is 0 Å². The van der Waals surface area contributed by atoms with Crippen LogP contribution in [0.5, 0.6) is 0 Å². The molecule has 0 amide bonds. The molecule has 3 nitrogen and oxygen atoms in total. The summed E-state index contributed by atoms with van der Waals surface area (Å²) in [4.78, 5) is 4.22. The Kier molecular flexibility index (Phi) is 2.26. The zero-order chi connectivity index (χ0) is 8.39. The summed E-state index contributed by atoms with van der Waals surface area (Å²) >= 11 is 1.47. The lowest BCUT2D eigenvalue weighted by molar-refractivity contribution is 0.442. The highest BCUT2D eigenvalue weighted by molar-refractivity contribution is 7.05. The van der Waals surface area contributed by atoms with Gasteiger partial charge in [0.1, 0.15) is 5.01 Å². The van der Waals surface area contributed by atoms with E-state index in [4.69, 9.17) is 5.73 Å². The molecule has 1 aliphatic rings. The zero-order valence-electron chi connectivity index (χ0n) is 6.99. The van der Waals surface area contributed by atoms with E-state index in [0.717, 1.165) is 5.01 Å². The van der Waals surface area contributed by atoms with E-state index in [0.29, 0.717) is 11.9 Å². The molecule has 1 heterocycles. The van der Waals surface area contributed by atoms with Crippen molar-refractivity contribution >= 4 is 17.5 Å². The Morgan fingerprint density at radius 2 is 2.00 bits per heavy atom. The maximum Gasteiger partial charge on any atom is 0.232 e. The fraction of sp³-hybridized carbons (Fsp3) is 0.750. The van der Waals surface area contributed by atoms with Gasteiger partial charge in [0, 0.05) is 5.92 Å². The van der Waals surface area contributed by atoms with Gasteiger partial charge in [-0.1, -0.05) is 19.3 Å². The first-order valence-corrected chi connectivity index (χ1v) is 5.22. The Balaban J connectivity index is 2.08. The van der Waals surface area contributed by atoms with Crippen molar-refractivity contribution in [3.8, 4) is 0 Å². The SMILES string of the molecule is Nc1nsc(C2CCCCC2)n1. The Bertz CT molecular complexity index is 253. The molecule has 1 aliphatic carbocycles. The third kappa shape index (κ3) is 1.58. The average molecular weight is 183 g/mol. The number of aromatic nitrogens is 2. The molecule has 1 saturated carbocycles. The summed E-state index contributed by atoms with van der Waals surface area (Å²) in [6.07, 6.45) is 6.60. The smallest absolute Gasteiger partial charge is 0.232 e. The lowest BCUT2D eigenvalue weighted by Crippen LogP contribution is -2.04. The molecule has 1 aromatic rings. The van der Waals surface area contributed by atoms with Crippen molar-refractivity contribution in [2.24, 2.45) is 0 Å². The second kappa shape index (κ2) is 3.39. The average Bonchev–Trinajstić information content (AvgIpc) is 2.54. The van der Waals surface area contributed by atoms with E-state index in [-0.39, 0.29) is 0 Å². The molecule has 0 radical (unpaired) electrons. The second-order valence-corrected chi connectivity index (χ2v) is 4.11. The number of nitrogens with zero attached hydrogens (tertiary/aromatic N) is 2. The fourth-order valence-corrected chi connectivity index (χ4v) is 2.51. The Morgan fingerprint density at radius 1 is 1.25 bits per heavy atom. The van der Waals surface area contributed by atoms with Crippen LogP contribution in [0.25, 0.3) is 0 Å². The molecule has 2 rings (SSSR count). The Hall–Kier alpha value is -0.640. The predicted molar refractivity (Wildman–Crippen MR) is 50.1 cm³/mol. The molecule has 1 aromatic heterocycles. The van der Waals surface area contributed by atoms with Crippen LogP contribution in [0.1, 0.15) is 43.0 Å². The molecular weight excluding hydrogens is 170 g/mol. The first-order valence-electron chi connectivity index (χ1n) is 4.45. The molecule has 0 aromatic carbocycles. The normalized spacial score (nSPS) is 19.7. The monoisotopic (exact) mass is 183 g/mol. The van der Waals surface area contributed by atoms with E-state index in [2.05, 4.69) is 9.36 Å². The van der Waals surface area contributed by atoms with E-state index in [1.807, 2.05) is 0 Å². The molecule has 1 fully saturated rings. The van der Waals surface area contributed by atoms with Gasteiger partial charge in [0.05, 0.1) is 0 Å². The Morgan fingerprint density at radius 3 is 2.58 bits per heavy atom. The number of anilines is 1. The number of nitrogens with two attached hydrogens (primary N) is 1. The lowest BCUT2D eigenvalue weighted by atomic mass is 9.90. The summed E-state index contributed by atoms with van der Waals surface area (Å²) in [5, 5.41) is 1.15. The van der Waals surface area contributed by atoms with E-state index in [1.165, 1.54) is 43.6 Å². The van der Waals surface area contributed by atoms with Crippen molar-refractivity contribution in [1.82, 2.24) is 9.36 Å². The standard InChI is InChI=1S/C8H13N3S/c9-8-10-7(12-11-8)6-4-2-1-3-5-6/h6H,1-5H2,(H2,9,11). The molecule has 66 valence electrons. The van der Waals surface area contributed by atoms with Crippen molar-refractivity contribution < 1.29 is 0 Å². The number of hydrogen-bond acceptors (Lipinski definition) is 4. The first-order chi connectivity index (χ1) is 5.86. The van der Waals surface area contributed by atoms with Gasteiger partial charge in [0.15, 0.2) is 0 Å². The quantitative estimate of drug-likeness (QED) is 0.726. The molecule has 0 bridgehead atoms. The van der Waals surface area contributed by atoms with Crippen LogP contribution < -0.4 is 5.73 Å². The predicted octanol–water partition coefficient (Wildman–Crippen LogP) is 2.17. The van der Waals surface area contributed by atoms with E-state index >= 15 is 0 Å². The van der Waals surface area contributed by atoms with Crippen LogP contribution in [0.4, 0.5) is 5.95 Å². The molecule has 4 heteroatoms. The van der Waals surface area contributed by atoms with Crippen LogP contribution in [-0.2, 0) is 0 Å². The molecule has 0 unspecified atom stereocenters. The summed E-state index contributed by atoms with van der Waals surface area (Å²) < 4.78 is 4.00. The van der Waals surface area contributed by atoms with Crippen molar-refractivity contribution in [3.05, 3.63) is 5.01 Å². The Labute approximate surface area is 76.2 Å². The van der Waals surface area contributed by atoms with Crippen LogP contribution in [0.3, 0.4) is 0 Å². The van der Waals surface area contributed by atoms with Crippen molar-refractivity contribution in [2.45, 2.75) is 38.0 Å². The number of rotatable bonds is 1. The molecule has 0 spiro atoms. The highest BCUT2D eigenvalue weighted by atomic mass is 32.1. The molecule has 0 aliphatic heterocycles. The highest BCUT2D eigenvalue weighted by Gasteiger charge is 2.18. The third-order valence-electron chi connectivity index (χ3n) is 2.41. The van der Waals surface area contributed by atoms with Gasteiger partial charge in [-0.25, -0.2) is 4.98 Å². The second-order valence-electron chi connectivity index (χ2n) is 3.33. The largest absolute Gasteiger partial charge is 0.367 e. The third-order valence-corrected chi connectivity index (χ3v) is 3.30. The minimum atomic E-state index is 0.445. The van der Waals surface area contributed by atoms with E-state index < -0.39 is 0 Å². The number of hydrogen-bond donors (Lipinski definition) is 1. The minimum Gasteiger partial charge on any atom is -0.367 e. The fourth-order valence-electron chi connectivity index (χ4n) is 1.76. The van der Waals surface area contributed by atoms with E-state index in [9.17, 15) is 0 Å². The summed E-state index contributed by atoms with van der Waals surface area (Å²) in [6, 6.07) is 0. The van der Waals surface area contributed by atoms with Crippen LogP contribution in [0.2, 0.25) is 0 Å². The van der Waals surface area contributed by atoms with E-state index in [1.54, 1.807) is 0 Å². The molecule has 12 heavy (non-hydrogen) atoms. The van der Waals surface area contributed by atoms with Gasteiger partial charge in [0.25, 0.3) is 0 Å². The van der Waals surface area contributed by atoms with Gasteiger partial charge in [-0.15, -0.1) is 0 Å². The van der Waals surface area contributed by atoms with Gasteiger partial charge in [0.2, 0.25) is 5.95 Å². The summed E-state index contributed by atoms with van der Waals surface area (Å²) in [7, 11) is 0. The first kappa shape index (κ1) is 7.98. The van der Waals surface area contributed by atoms with Gasteiger partial charge >= 0.3 is 0 Å². The van der Waals surface area contributed by atoms with Gasteiger partial charge in [-0.2, -0.15) is 4.37 Å².